The Bertz CT molecular complexity index is 2470. The molecule has 0 aliphatic heterocycles. The Morgan fingerprint density at radius 2 is 1.16 bits per heavy atom. The van der Waals surface area contributed by atoms with Crippen LogP contribution in [0.2, 0.25) is 0 Å². The van der Waals surface area contributed by atoms with Crippen LogP contribution in [0.25, 0.3) is 65.8 Å². The van der Waals surface area contributed by atoms with E-state index in [1.807, 2.05) is 30.5 Å². The van der Waals surface area contributed by atoms with Crippen LogP contribution in [0, 0.1) is 0 Å². The number of fused-ring (bicyclic) bond motifs is 8. The van der Waals surface area contributed by atoms with Crippen LogP contribution in [0.15, 0.2) is 155 Å². The molecule has 4 nitrogen and oxygen atoms in total. The van der Waals surface area contributed by atoms with Gasteiger partial charge < -0.3 is 13.7 Å². The van der Waals surface area contributed by atoms with Crippen molar-refractivity contribution in [2.45, 2.75) is 0 Å². The van der Waals surface area contributed by atoms with Gasteiger partial charge in [-0.05, 0) is 77.2 Å². The lowest BCUT2D eigenvalue weighted by Gasteiger charge is -2.26. The Kier molecular flexibility index (Phi) is 5.16. The second-order valence-corrected chi connectivity index (χ2v) is 10.9. The lowest BCUT2D eigenvalue weighted by molar-refractivity contribution is 0.669. The van der Waals surface area contributed by atoms with Gasteiger partial charge in [0.05, 0.1) is 0 Å². The molecule has 3 aromatic heterocycles. The number of benzene rings is 6. The van der Waals surface area contributed by atoms with Crippen LogP contribution in [0.4, 0.5) is 17.1 Å². The van der Waals surface area contributed by atoms with Crippen LogP contribution in [0.3, 0.4) is 0 Å². The number of anilines is 3. The van der Waals surface area contributed by atoms with Gasteiger partial charge in [0.2, 0.25) is 0 Å². The quantitative estimate of drug-likeness (QED) is 0.218. The maximum atomic E-state index is 6.41. The van der Waals surface area contributed by atoms with E-state index in [-0.39, 0.29) is 0 Å². The van der Waals surface area contributed by atoms with Gasteiger partial charge in [-0.1, -0.05) is 72.8 Å². The van der Waals surface area contributed by atoms with Crippen molar-refractivity contribution in [3.63, 3.8) is 0 Å². The summed E-state index contributed by atoms with van der Waals surface area (Å²) in [6.07, 6.45) is 3.65. The molecule has 202 valence electrons. The zero-order chi connectivity index (χ0) is 28.3. The maximum absolute atomic E-state index is 6.41. The highest BCUT2D eigenvalue weighted by Gasteiger charge is 2.18. The molecule has 0 radical (unpaired) electrons. The van der Waals surface area contributed by atoms with Gasteiger partial charge in [-0.15, -0.1) is 0 Å². The summed E-state index contributed by atoms with van der Waals surface area (Å²) in [6.45, 7) is 0. The van der Waals surface area contributed by atoms with Crippen LogP contribution in [0.1, 0.15) is 0 Å². The first kappa shape index (κ1) is 23.8. The fourth-order valence-electron chi connectivity index (χ4n) is 6.28. The van der Waals surface area contributed by atoms with Gasteiger partial charge in [0.15, 0.2) is 0 Å². The molecule has 0 saturated carbocycles. The monoisotopic (exact) mass is 552 g/mol. The van der Waals surface area contributed by atoms with E-state index >= 15 is 0 Å². The highest BCUT2D eigenvalue weighted by atomic mass is 16.3. The topological polar surface area (TPSA) is 42.4 Å². The normalized spacial score (nSPS) is 11.7. The summed E-state index contributed by atoms with van der Waals surface area (Å²) in [6, 6.07) is 46.7. The van der Waals surface area contributed by atoms with Gasteiger partial charge in [-0.2, -0.15) is 0 Å². The molecule has 3 heterocycles. The van der Waals surface area contributed by atoms with Crippen molar-refractivity contribution < 1.29 is 8.83 Å². The smallest absolute Gasteiger partial charge is 0.143 e. The van der Waals surface area contributed by atoms with E-state index in [2.05, 4.69) is 119 Å². The van der Waals surface area contributed by atoms with Crippen molar-refractivity contribution in [1.82, 2.24) is 4.98 Å². The summed E-state index contributed by atoms with van der Waals surface area (Å²) >= 11 is 0. The van der Waals surface area contributed by atoms with E-state index in [1.54, 1.807) is 6.20 Å². The van der Waals surface area contributed by atoms with Crippen molar-refractivity contribution >= 4 is 71.7 Å². The SMILES string of the molecule is c1ccc(-c2cccc(N(c3ccc4oc5ccccc5c4c3)c3ccc4ccc5c6cnccc6oc5c4c3)c2)cc1. The van der Waals surface area contributed by atoms with Crippen molar-refractivity contribution in [3.05, 3.63) is 146 Å². The second-order valence-electron chi connectivity index (χ2n) is 10.9. The third kappa shape index (κ3) is 3.81. The predicted molar refractivity (Wildman–Crippen MR) is 176 cm³/mol. The van der Waals surface area contributed by atoms with Gasteiger partial charge in [-0.25, -0.2) is 0 Å². The number of rotatable bonds is 4. The molecule has 0 fully saturated rings. The Balaban J connectivity index is 1.30. The summed E-state index contributed by atoms with van der Waals surface area (Å²) in [7, 11) is 0. The molecule has 6 aromatic carbocycles. The van der Waals surface area contributed by atoms with E-state index in [0.717, 1.165) is 77.3 Å². The molecular formula is C39H24N2O2. The highest BCUT2D eigenvalue weighted by molar-refractivity contribution is 6.15. The van der Waals surface area contributed by atoms with E-state index in [0.29, 0.717) is 0 Å². The largest absolute Gasteiger partial charge is 0.456 e. The lowest BCUT2D eigenvalue weighted by atomic mass is 10.0. The van der Waals surface area contributed by atoms with E-state index < -0.39 is 0 Å². The summed E-state index contributed by atoms with van der Waals surface area (Å²) in [5.41, 5.74) is 8.96. The number of hydrogen-bond donors (Lipinski definition) is 0. The fraction of sp³-hybridized carbons (Fsp3) is 0. The van der Waals surface area contributed by atoms with Crippen molar-refractivity contribution in [1.29, 1.82) is 0 Å². The summed E-state index contributed by atoms with van der Waals surface area (Å²) in [5, 5.41) is 6.47. The molecule has 0 amide bonds. The summed E-state index contributed by atoms with van der Waals surface area (Å²) in [4.78, 5) is 6.66. The maximum Gasteiger partial charge on any atom is 0.143 e. The van der Waals surface area contributed by atoms with Crippen LogP contribution in [-0.4, -0.2) is 4.98 Å². The molecular weight excluding hydrogens is 528 g/mol. The molecule has 0 spiro atoms. The second kappa shape index (κ2) is 9.33. The van der Waals surface area contributed by atoms with Gasteiger partial charge in [0, 0.05) is 56.4 Å². The first-order valence-electron chi connectivity index (χ1n) is 14.4. The molecule has 9 rings (SSSR count). The van der Waals surface area contributed by atoms with E-state index in [4.69, 9.17) is 8.83 Å². The summed E-state index contributed by atoms with van der Waals surface area (Å²) < 4.78 is 12.6. The van der Waals surface area contributed by atoms with Crippen LogP contribution in [-0.2, 0) is 0 Å². The average Bonchev–Trinajstić information content (AvgIpc) is 3.64. The van der Waals surface area contributed by atoms with Crippen molar-refractivity contribution in [2.75, 3.05) is 4.90 Å². The van der Waals surface area contributed by atoms with E-state index in [1.165, 1.54) is 5.56 Å². The molecule has 0 saturated heterocycles. The summed E-state index contributed by atoms with van der Waals surface area (Å²) in [5.74, 6) is 0. The average molecular weight is 553 g/mol. The third-order valence-electron chi connectivity index (χ3n) is 8.33. The Labute approximate surface area is 247 Å². The molecule has 0 unspecified atom stereocenters. The van der Waals surface area contributed by atoms with Crippen LogP contribution >= 0.6 is 0 Å². The number of aromatic nitrogens is 1. The van der Waals surface area contributed by atoms with E-state index in [9.17, 15) is 0 Å². The minimum atomic E-state index is 0.840. The molecule has 0 atom stereocenters. The number of furan rings is 2. The Morgan fingerprint density at radius 1 is 0.442 bits per heavy atom. The molecule has 0 N–H and O–H groups in total. The van der Waals surface area contributed by atoms with Gasteiger partial charge >= 0.3 is 0 Å². The fourth-order valence-corrected chi connectivity index (χ4v) is 6.28. The molecule has 0 bridgehead atoms. The minimum absolute atomic E-state index is 0.840. The van der Waals surface area contributed by atoms with Crippen LogP contribution < -0.4 is 4.90 Å². The number of pyridine rings is 1. The highest BCUT2D eigenvalue weighted by Crippen LogP contribution is 2.42. The van der Waals surface area contributed by atoms with Crippen LogP contribution in [0.5, 0.6) is 0 Å². The number of para-hydroxylation sites is 1. The zero-order valence-corrected chi connectivity index (χ0v) is 23.1. The first-order chi connectivity index (χ1) is 21.3. The molecule has 0 aliphatic carbocycles. The molecule has 9 aromatic rings. The van der Waals surface area contributed by atoms with Gasteiger partial charge in [0.25, 0.3) is 0 Å². The zero-order valence-electron chi connectivity index (χ0n) is 23.1. The molecule has 4 heteroatoms. The first-order valence-corrected chi connectivity index (χ1v) is 14.4. The minimum Gasteiger partial charge on any atom is -0.456 e. The Hall–Kier alpha value is -5.87. The molecule has 43 heavy (non-hydrogen) atoms. The van der Waals surface area contributed by atoms with Gasteiger partial charge in [0.1, 0.15) is 22.3 Å². The van der Waals surface area contributed by atoms with Gasteiger partial charge in [-0.3, -0.25) is 4.98 Å². The third-order valence-corrected chi connectivity index (χ3v) is 8.33. The number of hydrogen-bond acceptors (Lipinski definition) is 4. The number of nitrogens with zero attached hydrogens (tertiary/aromatic N) is 2. The lowest BCUT2D eigenvalue weighted by Crippen LogP contribution is -2.10. The van der Waals surface area contributed by atoms with Crippen molar-refractivity contribution in [3.8, 4) is 11.1 Å². The van der Waals surface area contributed by atoms with Crippen molar-refractivity contribution in [2.24, 2.45) is 0 Å². The predicted octanol–water partition coefficient (Wildman–Crippen LogP) is 11.2. The molecule has 0 aliphatic rings. The standard InChI is InChI=1S/C39H24N2O2/c1-2-7-25(8-3-1)27-9-6-10-28(21-27)41(30-16-18-37-34(23-30)31-11-4-5-12-36(31)42-37)29-15-13-26-14-17-32-35-24-40-20-19-38(35)43-39(32)33(26)22-29/h1-24H. The Morgan fingerprint density at radius 3 is 2.09 bits per heavy atom.